The van der Waals surface area contributed by atoms with E-state index in [2.05, 4.69) is 19.2 Å². The van der Waals surface area contributed by atoms with Gasteiger partial charge in [0.05, 0.1) is 0 Å². The minimum absolute atomic E-state index is 0.0516. The molecule has 2 aromatic rings. The van der Waals surface area contributed by atoms with E-state index in [1.54, 1.807) is 6.07 Å². The van der Waals surface area contributed by atoms with Crippen molar-refractivity contribution in [2.45, 2.75) is 12.2 Å². The molecule has 2 heteroatoms. The van der Waals surface area contributed by atoms with Crippen LogP contribution in [0.25, 0.3) is 10.8 Å². The molecule has 1 saturated heterocycles. The predicted octanol–water partition coefficient (Wildman–Crippen LogP) is 3.78. The highest BCUT2D eigenvalue weighted by molar-refractivity contribution is 5.90. The number of ether oxygens (including phenoxy) is 1. The van der Waals surface area contributed by atoms with Gasteiger partial charge in [0.15, 0.2) is 0 Å². The molecule has 2 aliphatic heterocycles. The second kappa shape index (κ2) is 3.03. The van der Waals surface area contributed by atoms with Gasteiger partial charge in [-0.2, -0.15) is 0 Å². The van der Waals surface area contributed by atoms with Crippen LogP contribution in [0.15, 0.2) is 54.6 Å². The summed E-state index contributed by atoms with van der Waals surface area (Å²) >= 11 is 0. The van der Waals surface area contributed by atoms with Gasteiger partial charge >= 0.3 is 0 Å². The summed E-state index contributed by atoms with van der Waals surface area (Å²) in [6, 6.07) is 9.66. The predicted molar refractivity (Wildman–Crippen MR) is 70.5 cm³/mol. The minimum atomic E-state index is -0.0819. The summed E-state index contributed by atoms with van der Waals surface area (Å²) < 4.78 is 5.90. The van der Waals surface area contributed by atoms with Gasteiger partial charge in [0.1, 0.15) is 18.0 Å². The Balaban J connectivity index is 2.07. The largest absolute Gasteiger partial charge is 0.507 e. The fourth-order valence-electron chi connectivity index (χ4n) is 2.96. The van der Waals surface area contributed by atoms with Gasteiger partial charge in [-0.05, 0) is 45.9 Å². The van der Waals surface area contributed by atoms with Crippen molar-refractivity contribution in [3.05, 3.63) is 65.8 Å². The normalized spacial score (nSPS) is 24.9. The van der Waals surface area contributed by atoms with Crippen molar-refractivity contribution in [1.29, 1.82) is 0 Å². The first-order chi connectivity index (χ1) is 8.66. The van der Waals surface area contributed by atoms with Crippen LogP contribution in [0.1, 0.15) is 23.3 Å². The molecule has 2 aliphatic rings. The molecule has 2 bridgehead atoms. The molecule has 1 fully saturated rings. The average molecular weight is 236 g/mol. The molecule has 2 unspecified atom stereocenters. The van der Waals surface area contributed by atoms with Crippen LogP contribution in [0, 0.1) is 0 Å². The van der Waals surface area contributed by atoms with Crippen LogP contribution in [0.4, 0.5) is 0 Å². The lowest BCUT2D eigenvalue weighted by Gasteiger charge is -2.17. The van der Waals surface area contributed by atoms with Crippen molar-refractivity contribution in [2.75, 3.05) is 0 Å². The molecule has 0 aromatic heterocycles. The molecule has 0 saturated carbocycles. The Hall–Kier alpha value is -2.06. The molecule has 1 N–H and O–H groups in total. The lowest BCUT2D eigenvalue weighted by molar-refractivity contribution is 0.0905. The standard InChI is InChI=1S/C16H12O2/c1-8-9(2)16-13-7-11-10(4-3-5-14(11)17)6-12(13)15(8)18-16/h3-7,15-17H,1-2H2. The Morgan fingerprint density at radius 1 is 1.00 bits per heavy atom. The average Bonchev–Trinajstić information content (AvgIpc) is 2.86. The maximum Gasteiger partial charge on any atom is 0.123 e. The Kier molecular flexibility index (Phi) is 1.67. The summed E-state index contributed by atoms with van der Waals surface area (Å²) in [4.78, 5) is 0. The molecule has 0 spiro atoms. The molecule has 0 radical (unpaired) electrons. The second-order valence-electron chi connectivity index (χ2n) is 4.93. The molecular formula is C16H12O2. The van der Waals surface area contributed by atoms with Crippen LogP contribution < -0.4 is 0 Å². The van der Waals surface area contributed by atoms with E-state index in [-0.39, 0.29) is 12.2 Å². The summed E-state index contributed by atoms with van der Waals surface area (Å²) in [5.74, 6) is 0.308. The maximum absolute atomic E-state index is 9.91. The van der Waals surface area contributed by atoms with E-state index in [1.807, 2.05) is 18.2 Å². The zero-order valence-electron chi connectivity index (χ0n) is 9.81. The van der Waals surface area contributed by atoms with E-state index in [1.165, 1.54) is 0 Å². The van der Waals surface area contributed by atoms with E-state index in [0.717, 1.165) is 33.0 Å². The Labute approximate surface area is 105 Å². The third-order valence-corrected chi connectivity index (χ3v) is 3.94. The first kappa shape index (κ1) is 9.92. The summed E-state index contributed by atoms with van der Waals surface area (Å²) in [5, 5.41) is 11.8. The topological polar surface area (TPSA) is 29.5 Å². The Morgan fingerprint density at radius 3 is 2.39 bits per heavy atom. The number of hydrogen-bond acceptors (Lipinski definition) is 2. The lowest BCUT2D eigenvalue weighted by atomic mass is 9.84. The summed E-state index contributed by atoms with van der Waals surface area (Å²) in [7, 11) is 0. The highest BCUT2D eigenvalue weighted by Gasteiger charge is 2.43. The maximum atomic E-state index is 9.91. The highest BCUT2D eigenvalue weighted by Crippen LogP contribution is 2.56. The van der Waals surface area contributed by atoms with E-state index >= 15 is 0 Å². The SMILES string of the molecule is C=C1C(=C)C2OC1c1cc3cccc(O)c3cc12. The molecule has 4 rings (SSSR count). The fraction of sp³-hybridized carbons (Fsp3) is 0.125. The van der Waals surface area contributed by atoms with E-state index in [4.69, 9.17) is 4.74 Å². The van der Waals surface area contributed by atoms with Gasteiger partial charge in [0.25, 0.3) is 0 Å². The molecule has 88 valence electrons. The van der Waals surface area contributed by atoms with Crippen LogP contribution >= 0.6 is 0 Å². The number of hydrogen-bond donors (Lipinski definition) is 1. The summed E-state index contributed by atoms with van der Waals surface area (Å²) in [5.41, 5.74) is 4.22. The smallest absolute Gasteiger partial charge is 0.123 e. The van der Waals surface area contributed by atoms with Crippen LogP contribution in [-0.4, -0.2) is 5.11 Å². The monoisotopic (exact) mass is 236 g/mol. The van der Waals surface area contributed by atoms with Crippen LogP contribution in [-0.2, 0) is 4.74 Å². The quantitative estimate of drug-likeness (QED) is 0.754. The Morgan fingerprint density at radius 2 is 1.67 bits per heavy atom. The zero-order chi connectivity index (χ0) is 12.4. The van der Waals surface area contributed by atoms with Gasteiger partial charge < -0.3 is 9.84 Å². The van der Waals surface area contributed by atoms with Crippen LogP contribution in [0.5, 0.6) is 5.75 Å². The number of aromatic hydroxyl groups is 1. The van der Waals surface area contributed by atoms with Crippen LogP contribution in [0.2, 0.25) is 0 Å². The first-order valence-corrected chi connectivity index (χ1v) is 5.96. The van der Waals surface area contributed by atoms with E-state index in [0.29, 0.717) is 5.75 Å². The van der Waals surface area contributed by atoms with Gasteiger partial charge in [-0.25, -0.2) is 0 Å². The van der Waals surface area contributed by atoms with Gasteiger partial charge in [-0.1, -0.05) is 25.3 Å². The molecule has 2 atom stereocenters. The van der Waals surface area contributed by atoms with Crippen molar-refractivity contribution in [2.24, 2.45) is 0 Å². The molecule has 2 nitrogen and oxygen atoms in total. The minimum Gasteiger partial charge on any atom is -0.507 e. The number of benzene rings is 2. The van der Waals surface area contributed by atoms with Gasteiger partial charge in [0, 0.05) is 5.39 Å². The zero-order valence-corrected chi connectivity index (χ0v) is 9.81. The molecule has 18 heavy (non-hydrogen) atoms. The van der Waals surface area contributed by atoms with Gasteiger partial charge in [-0.15, -0.1) is 0 Å². The van der Waals surface area contributed by atoms with Gasteiger partial charge in [-0.3, -0.25) is 0 Å². The molecule has 2 aromatic carbocycles. The van der Waals surface area contributed by atoms with Gasteiger partial charge in [0.2, 0.25) is 0 Å². The number of rotatable bonds is 0. The van der Waals surface area contributed by atoms with E-state index in [9.17, 15) is 5.11 Å². The second-order valence-corrected chi connectivity index (χ2v) is 4.93. The molecular weight excluding hydrogens is 224 g/mol. The Bertz CT molecular complexity index is 727. The summed E-state index contributed by atoms with van der Waals surface area (Å²) in [6.45, 7) is 8.07. The van der Waals surface area contributed by atoms with Crippen molar-refractivity contribution in [3.63, 3.8) is 0 Å². The number of phenolic OH excluding ortho intramolecular Hbond substituents is 1. The number of phenols is 1. The van der Waals surface area contributed by atoms with Crippen molar-refractivity contribution in [3.8, 4) is 5.75 Å². The van der Waals surface area contributed by atoms with Crippen molar-refractivity contribution in [1.82, 2.24) is 0 Å². The third-order valence-electron chi connectivity index (χ3n) is 3.94. The summed E-state index contributed by atoms with van der Waals surface area (Å²) in [6.07, 6.45) is -0.134. The van der Waals surface area contributed by atoms with E-state index < -0.39 is 0 Å². The van der Waals surface area contributed by atoms with Crippen molar-refractivity contribution >= 4 is 10.8 Å². The molecule has 2 heterocycles. The van der Waals surface area contributed by atoms with Crippen LogP contribution in [0.3, 0.4) is 0 Å². The molecule has 0 amide bonds. The van der Waals surface area contributed by atoms with Crippen molar-refractivity contribution < 1.29 is 9.84 Å². The highest BCUT2D eigenvalue weighted by atomic mass is 16.5. The number of fused-ring (bicyclic) bond motifs is 6. The lowest BCUT2D eigenvalue weighted by Crippen LogP contribution is -2.02. The third kappa shape index (κ3) is 1.02. The fourth-order valence-corrected chi connectivity index (χ4v) is 2.96. The first-order valence-electron chi connectivity index (χ1n) is 5.96. The molecule has 0 aliphatic carbocycles.